The molecule has 6 heteroatoms. The monoisotopic (exact) mass is 526 g/mol. The van der Waals surface area contributed by atoms with Crippen molar-refractivity contribution in [3.8, 4) is 5.75 Å². The third-order valence-electron chi connectivity index (χ3n) is 6.75. The Balaban J connectivity index is 1.68. The zero-order chi connectivity index (χ0) is 25.8. The van der Waals surface area contributed by atoms with Crippen molar-refractivity contribution in [2.75, 3.05) is 36.1 Å². The fourth-order valence-corrected chi connectivity index (χ4v) is 5.94. The van der Waals surface area contributed by atoms with Crippen LogP contribution in [0, 0.1) is 12.8 Å². The first kappa shape index (κ1) is 28.5. The highest BCUT2D eigenvalue weighted by Gasteiger charge is 2.26. The number of nitrogens with two attached hydrogens (primary N) is 1. The second-order valence-electron chi connectivity index (χ2n) is 9.68. The number of aryl methyl sites for hydroxylation is 2. The summed E-state index contributed by atoms with van der Waals surface area (Å²) in [5.41, 5.74) is 9.85. The number of amides is 1. The van der Waals surface area contributed by atoms with E-state index >= 15 is 0 Å². The quantitative estimate of drug-likeness (QED) is 0.163. The second kappa shape index (κ2) is 15.3. The van der Waals surface area contributed by atoms with Crippen molar-refractivity contribution in [2.24, 2.45) is 11.7 Å². The number of benzene rings is 2. The van der Waals surface area contributed by atoms with Crippen LogP contribution in [0.15, 0.2) is 54.6 Å². The van der Waals surface area contributed by atoms with Gasteiger partial charge in [-0.25, -0.2) is 0 Å². The van der Waals surface area contributed by atoms with Gasteiger partial charge < -0.3 is 15.4 Å². The molecule has 2 N–H and O–H groups in total. The fraction of sp³-hybridized carbons (Fsp3) is 0.500. The molecule has 1 unspecified atom stereocenters. The van der Waals surface area contributed by atoms with Gasteiger partial charge in [0.05, 0.1) is 10.9 Å². The predicted molar refractivity (Wildman–Crippen MR) is 159 cm³/mol. The molecule has 0 saturated heterocycles. The molecule has 3 rings (SSSR count). The number of carbonyl (C=O) groups excluding carboxylic acids is 1. The van der Waals surface area contributed by atoms with Gasteiger partial charge in [0.25, 0.3) is 0 Å². The number of ether oxygens (including phenoxy) is 1. The molecule has 0 aliphatic carbocycles. The number of allylic oxidation sites excluding steroid dienone is 2. The van der Waals surface area contributed by atoms with Gasteiger partial charge in [-0.3, -0.25) is 4.79 Å². The van der Waals surface area contributed by atoms with Gasteiger partial charge in [-0.2, -0.15) is 24.4 Å². The van der Waals surface area contributed by atoms with Gasteiger partial charge in [-0.1, -0.05) is 55.3 Å². The van der Waals surface area contributed by atoms with Crippen molar-refractivity contribution in [1.29, 1.82) is 0 Å². The molecular formula is C30H42N2O2S2. The Hall–Kier alpha value is -2.05. The lowest BCUT2D eigenvalue weighted by Crippen LogP contribution is -2.35. The van der Waals surface area contributed by atoms with E-state index in [1.807, 2.05) is 23.9 Å². The summed E-state index contributed by atoms with van der Waals surface area (Å²) >= 11 is 6.27. The Kier molecular flexibility index (Phi) is 12.1. The summed E-state index contributed by atoms with van der Waals surface area (Å²) in [6.07, 6.45) is 11.3. The number of nitrogens with zero attached hydrogens (tertiary/aromatic N) is 1. The number of hydrogen-bond donors (Lipinski definition) is 2. The summed E-state index contributed by atoms with van der Waals surface area (Å²) in [7, 11) is 0. The molecule has 2 aromatic carbocycles. The van der Waals surface area contributed by atoms with E-state index in [0.717, 1.165) is 74.6 Å². The molecule has 1 heterocycles. The molecule has 0 aromatic heterocycles. The minimum Gasteiger partial charge on any atom is -0.490 e. The summed E-state index contributed by atoms with van der Waals surface area (Å²) in [5.74, 6) is 3.02. The number of fused-ring (bicyclic) bond motifs is 1. The van der Waals surface area contributed by atoms with Crippen LogP contribution < -0.4 is 15.4 Å². The normalized spacial score (nSPS) is 16.4. The van der Waals surface area contributed by atoms with Crippen molar-refractivity contribution in [3.63, 3.8) is 0 Å². The van der Waals surface area contributed by atoms with Crippen molar-refractivity contribution in [3.05, 3.63) is 71.3 Å². The van der Waals surface area contributed by atoms with E-state index in [2.05, 4.69) is 67.8 Å². The van der Waals surface area contributed by atoms with Crippen molar-refractivity contribution in [2.45, 2.75) is 57.6 Å². The van der Waals surface area contributed by atoms with Gasteiger partial charge in [-0.15, -0.1) is 0 Å². The third kappa shape index (κ3) is 9.11. The van der Waals surface area contributed by atoms with Gasteiger partial charge in [-0.05, 0) is 80.2 Å². The Morgan fingerprint density at radius 3 is 2.83 bits per heavy atom. The number of hydrogen-bond acceptors (Lipinski definition) is 5. The van der Waals surface area contributed by atoms with Crippen LogP contribution in [-0.4, -0.2) is 42.4 Å². The Labute approximate surface area is 227 Å². The molecule has 1 aliphatic rings. The van der Waals surface area contributed by atoms with Crippen molar-refractivity contribution >= 4 is 36.0 Å². The number of thiol groups is 1. The van der Waals surface area contributed by atoms with Crippen LogP contribution in [0.5, 0.6) is 5.75 Å². The first-order valence-electron chi connectivity index (χ1n) is 13.2. The largest absolute Gasteiger partial charge is 0.490 e. The number of carbonyl (C=O) groups is 1. The molecule has 2 aromatic rings. The average Bonchev–Trinajstić information content (AvgIpc) is 3.04. The minimum atomic E-state index is -0.399. The molecule has 1 aliphatic heterocycles. The van der Waals surface area contributed by atoms with Crippen LogP contribution in [0.3, 0.4) is 0 Å². The lowest BCUT2D eigenvalue weighted by atomic mass is 9.98. The van der Waals surface area contributed by atoms with Gasteiger partial charge in [0.1, 0.15) is 12.4 Å². The van der Waals surface area contributed by atoms with E-state index < -0.39 is 5.91 Å². The van der Waals surface area contributed by atoms with Crippen LogP contribution in [0.4, 0.5) is 5.69 Å². The molecule has 36 heavy (non-hydrogen) atoms. The Bertz CT molecular complexity index is 995. The summed E-state index contributed by atoms with van der Waals surface area (Å²) in [4.78, 5) is 14.4. The molecule has 0 saturated carbocycles. The van der Waals surface area contributed by atoms with Crippen molar-refractivity contribution in [1.82, 2.24) is 0 Å². The Morgan fingerprint density at radius 2 is 2.08 bits per heavy atom. The van der Waals surface area contributed by atoms with E-state index in [1.165, 1.54) is 11.1 Å². The molecule has 196 valence electrons. The zero-order valence-electron chi connectivity index (χ0n) is 21.8. The molecule has 4 nitrogen and oxygen atoms in total. The lowest BCUT2D eigenvalue weighted by molar-refractivity contribution is 0.100. The van der Waals surface area contributed by atoms with E-state index in [1.54, 1.807) is 6.07 Å². The number of primary amides is 1. The summed E-state index contributed by atoms with van der Waals surface area (Å²) in [5, 5.41) is 0.359. The fourth-order valence-electron chi connectivity index (χ4n) is 4.62. The van der Waals surface area contributed by atoms with Crippen LogP contribution in [-0.2, 0) is 6.42 Å². The topological polar surface area (TPSA) is 55.6 Å². The molecule has 0 radical (unpaired) electrons. The van der Waals surface area contributed by atoms with E-state index in [9.17, 15) is 4.79 Å². The molecule has 0 spiro atoms. The lowest BCUT2D eigenvalue weighted by Gasteiger charge is -2.30. The first-order valence-corrected chi connectivity index (χ1v) is 14.9. The van der Waals surface area contributed by atoms with Crippen LogP contribution in [0.2, 0.25) is 0 Å². The minimum absolute atomic E-state index is 0.359. The van der Waals surface area contributed by atoms with Gasteiger partial charge in [0.15, 0.2) is 0 Å². The number of unbranched alkanes of at least 4 members (excludes halogenated alkanes) is 1. The molecule has 2 atom stereocenters. The standard InChI is InChI=1S/C30H42N2O2S2/c1-3-24(11-7-5-4-6-8-16-35)20-32-21-27(36-17-15-25-12-9-10-23(2)18-25)22-34-29-14-13-26(30(31)33)19-28(29)32/h4-5,9-10,12-14,18-19,24,27,35H,3,6-8,11,15-17,20-22H2,1-2H3,(H2,31,33)/b5-4+/t24-,27?/m1/s1. The maximum Gasteiger partial charge on any atom is 0.248 e. The van der Waals surface area contributed by atoms with Gasteiger partial charge in [0.2, 0.25) is 5.91 Å². The SMILES string of the molecule is CC[C@H](CC/C=C/CCCS)CN1CC(SCCc2cccc(C)c2)COc2ccc(C(N)=O)cc21. The first-order chi connectivity index (χ1) is 17.5. The number of anilines is 1. The van der Waals surface area contributed by atoms with Crippen LogP contribution in [0.25, 0.3) is 0 Å². The van der Waals surface area contributed by atoms with Gasteiger partial charge >= 0.3 is 0 Å². The second-order valence-corrected chi connectivity index (χ2v) is 11.5. The average molecular weight is 527 g/mol. The smallest absolute Gasteiger partial charge is 0.248 e. The maximum absolute atomic E-state index is 11.9. The van der Waals surface area contributed by atoms with Gasteiger partial charge in [0, 0.05) is 18.7 Å². The summed E-state index contributed by atoms with van der Waals surface area (Å²) in [6, 6.07) is 14.4. The van der Waals surface area contributed by atoms with E-state index in [0.29, 0.717) is 23.3 Å². The van der Waals surface area contributed by atoms with E-state index in [-0.39, 0.29) is 0 Å². The molecule has 0 fully saturated rings. The van der Waals surface area contributed by atoms with Crippen molar-refractivity contribution < 1.29 is 9.53 Å². The molecular weight excluding hydrogens is 484 g/mol. The highest BCUT2D eigenvalue weighted by atomic mass is 32.2. The summed E-state index contributed by atoms with van der Waals surface area (Å²) in [6.45, 7) is 6.95. The van der Waals surface area contributed by atoms with Crippen LogP contribution >= 0.6 is 24.4 Å². The maximum atomic E-state index is 11.9. The molecule has 0 bridgehead atoms. The third-order valence-corrected chi connectivity index (χ3v) is 8.27. The number of rotatable bonds is 14. The number of thioether (sulfide) groups is 1. The zero-order valence-corrected chi connectivity index (χ0v) is 23.5. The Morgan fingerprint density at radius 1 is 1.25 bits per heavy atom. The highest BCUT2D eigenvalue weighted by Crippen LogP contribution is 2.35. The predicted octanol–water partition coefficient (Wildman–Crippen LogP) is 6.71. The highest BCUT2D eigenvalue weighted by molar-refractivity contribution is 7.99. The van der Waals surface area contributed by atoms with Crippen LogP contribution in [0.1, 0.15) is 60.5 Å². The molecule has 1 amide bonds. The van der Waals surface area contributed by atoms with E-state index in [4.69, 9.17) is 10.5 Å². The summed E-state index contributed by atoms with van der Waals surface area (Å²) < 4.78 is 6.27.